The molecule has 1 aromatic carbocycles. The minimum absolute atomic E-state index is 0.580. The molecule has 0 aliphatic heterocycles. The molecule has 18 heavy (non-hydrogen) atoms. The van der Waals surface area contributed by atoms with Crippen LogP contribution in [0, 0.1) is 27.7 Å². The highest BCUT2D eigenvalue weighted by atomic mass is 16.3. The van der Waals surface area contributed by atoms with Gasteiger partial charge in [0.2, 0.25) is 0 Å². The van der Waals surface area contributed by atoms with Crippen LogP contribution in [-0.2, 0) is 0 Å². The number of hydrogen-bond acceptors (Lipinski definition) is 2. The summed E-state index contributed by atoms with van der Waals surface area (Å²) in [6.45, 7) is 7.99. The minimum atomic E-state index is -0.580. The van der Waals surface area contributed by atoms with Gasteiger partial charge in [0.1, 0.15) is 6.10 Å². The Bertz CT molecular complexity index is 483. The highest BCUT2D eigenvalue weighted by molar-refractivity contribution is 5.36. The largest absolute Gasteiger partial charge is 0.384 e. The Morgan fingerprint density at radius 2 is 1.22 bits per heavy atom. The maximum absolute atomic E-state index is 10.5. The number of hydrogen-bond donors (Lipinski definition) is 1. The van der Waals surface area contributed by atoms with Gasteiger partial charge in [-0.05, 0) is 51.0 Å². The Balaban J connectivity index is 2.43. The molecule has 0 saturated heterocycles. The number of aliphatic hydroxyl groups excluding tert-OH is 1. The van der Waals surface area contributed by atoms with Gasteiger partial charge in [0.25, 0.3) is 0 Å². The van der Waals surface area contributed by atoms with Crippen LogP contribution >= 0.6 is 0 Å². The smallest absolute Gasteiger partial charge is 0.104 e. The van der Waals surface area contributed by atoms with Gasteiger partial charge in [-0.25, -0.2) is 0 Å². The molecule has 2 aromatic rings. The summed E-state index contributed by atoms with van der Waals surface area (Å²) in [5, 5.41) is 10.5. The third-order valence-corrected chi connectivity index (χ3v) is 2.98. The van der Waals surface area contributed by atoms with Crippen LogP contribution in [0.3, 0.4) is 0 Å². The fraction of sp³-hybridized carbons (Fsp3) is 0.312. The molecule has 1 unspecified atom stereocenters. The van der Waals surface area contributed by atoms with E-state index in [1.54, 1.807) is 0 Å². The molecule has 0 radical (unpaired) electrons. The minimum Gasteiger partial charge on any atom is -0.384 e. The van der Waals surface area contributed by atoms with Gasteiger partial charge in [-0.1, -0.05) is 29.3 Å². The number of aryl methyl sites for hydroxylation is 4. The lowest BCUT2D eigenvalue weighted by atomic mass is 9.98. The van der Waals surface area contributed by atoms with Gasteiger partial charge in [-0.15, -0.1) is 0 Å². The van der Waals surface area contributed by atoms with Gasteiger partial charge >= 0.3 is 0 Å². The summed E-state index contributed by atoms with van der Waals surface area (Å²) in [5.41, 5.74) is 6.07. The van der Waals surface area contributed by atoms with Crippen molar-refractivity contribution in [3.63, 3.8) is 0 Å². The lowest BCUT2D eigenvalue weighted by molar-refractivity contribution is 0.220. The number of pyridine rings is 1. The third-order valence-electron chi connectivity index (χ3n) is 2.98. The zero-order valence-corrected chi connectivity index (χ0v) is 11.4. The Morgan fingerprint density at radius 1 is 0.778 bits per heavy atom. The maximum Gasteiger partial charge on any atom is 0.104 e. The Morgan fingerprint density at radius 3 is 1.72 bits per heavy atom. The topological polar surface area (TPSA) is 33.1 Å². The molecule has 0 bridgehead atoms. The molecule has 0 fully saturated rings. The Hall–Kier alpha value is -1.67. The van der Waals surface area contributed by atoms with E-state index < -0.39 is 6.10 Å². The normalized spacial score (nSPS) is 12.5. The van der Waals surface area contributed by atoms with Crippen LogP contribution in [0.2, 0.25) is 0 Å². The summed E-state index contributed by atoms with van der Waals surface area (Å²) in [6, 6.07) is 10.1. The molecular formula is C16H19NO. The average Bonchev–Trinajstić information content (AvgIpc) is 2.25. The summed E-state index contributed by atoms with van der Waals surface area (Å²) in [4.78, 5) is 4.33. The first-order valence-corrected chi connectivity index (χ1v) is 6.17. The van der Waals surface area contributed by atoms with Crippen LogP contribution in [0.5, 0.6) is 0 Å². The van der Waals surface area contributed by atoms with E-state index >= 15 is 0 Å². The predicted octanol–water partition coefficient (Wildman–Crippen LogP) is 3.40. The molecule has 1 aromatic heterocycles. The van der Waals surface area contributed by atoms with Gasteiger partial charge in [0.15, 0.2) is 0 Å². The van der Waals surface area contributed by atoms with E-state index in [4.69, 9.17) is 0 Å². The van der Waals surface area contributed by atoms with Crippen molar-refractivity contribution in [2.75, 3.05) is 0 Å². The lowest BCUT2D eigenvalue weighted by Gasteiger charge is -2.14. The lowest BCUT2D eigenvalue weighted by Crippen LogP contribution is -2.02. The standard InChI is InChI=1S/C16H19NO/c1-10-5-11(2)7-14(6-10)16(18)15-8-12(3)17-13(4)9-15/h5-9,16,18H,1-4H3. The third kappa shape index (κ3) is 2.77. The molecule has 2 rings (SSSR count). The van der Waals surface area contributed by atoms with Crippen molar-refractivity contribution in [1.29, 1.82) is 0 Å². The Kier molecular flexibility index (Phi) is 3.48. The quantitative estimate of drug-likeness (QED) is 0.874. The van der Waals surface area contributed by atoms with E-state index in [9.17, 15) is 5.11 Å². The van der Waals surface area contributed by atoms with Crippen LogP contribution in [0.25, 0.3) is 0 Å². The van der Waals surface area contributed by atoms with Crippen molar-refractivity contribution in [3.8, 4) is 0 Å². The van der Waals surface area contributed by atoms with Crippen LogP contribution in [-0.4, -0.2) is 10.1 Å². The second-order valence-corrected chi connectivity index (χ2v) is 5.01. The fourth-order valence-corrected chi connectivity index (χ4v) is 2.38. The summed E-state index contributed by atoms with van der Waals surface area (Å²) in [5.74, 6) is 0. The molecule has 0 spiro atoms. The zero-order valence-electron chi connectivity index (χ0n) is 11.4. The second-order valence-electron chi connectivity index (χ2n) is 5.01. The summed E-state index contributed by atoms with van der Waals surface area (Å²) in [6.07, 6.45) is -0.580. The molecule has 0 amide bonds. The SMILES string of the molecule is Cc1cc(C)cc(C(O)c2cc(C)nc(C)c2)c1. The first-order valence-electron chi connectivity index (χ1n) is 6.17. The van der Waals surface area contributed by atoms with Gasteiger partial charge in [0.05, 0.1) is 0 Å². The Labute approximate surface area is 108 Å². The number of benzene rings is 1. The average molecular weight is 241 g/mol. The van der Waals surface area contributed by atoms with E-state index in [2.05, 4.69) is 11.1 Å². The van der Waals surface area contributed by atoms with Crippen molar-refractivity contribution >= 4 is 0 Å². The molecule has 1 N–H and O–H groups in total. The molecule has 94 valence electrons. The second kappa shape index (κ2) is 4.91. The highest BCUT2D eigenvalue weighted by Crippen LogP contribution is 2.24. The highest BCUT2D eigenvalue weighted by Gasteiger charge is 2.12. The van der Waals surface area contributed by atoms with Crippen molar-refractivity contribution in [1.82, 2.24) is 4.98 Å². The van der Waals surface area contributed by atoms with Gasteiger partial charge in [0, 0.05) is 11.4 Å². The summed E-state index contributed by atoms with van der Waals surface area (Å²) >= 11 is 0. The summed E-state index contributed by atoms with van der Waals surface area (Å²) in [7, 11) is 0. The molecule has 0 aliphatic carbocycles. The van der Waals surface area contributed by atoms with Crippen LogP contribution in [0.15, 0.2) is 30.3 Å². The van der Waals surface area contributed by atoms with Gasteiger partial charge in [-0.2, -0.15) is 0 Å². The molecule has 0 saturated carbocycles. The number of aliphatic hydroxyl groups is 1. The monoisotopic (exact) mass is 241 g/mol. The molecule has 0 aliphatic rings. The van der Waals surface area contributed by atoms with E-state index in [0.29, 0.717) is 0 Å². The molecular weight excluding hydrogens is 222 g/mol. The van der Waals surface area contributed by atoms with E-state index in [-0.39, 0.29) is 0 Å². The maximum atomic E-state index is 10.5. The number of aromatic nitrogens is 1. The summed E-state index contributed by atoms with van der Waals surface area (Å²) < 4.78 is 0. The molecule has 2 heteroatoms. The molecule has 2 nitrogen and oxygen atoms in total. The first-order chi connectivity index (χ1) is 8.45. The van der Waals surface area contributed by atoms with Crippen molar-refractivity contribution in [3.05, 3.63) is 64.0 Å². The van der Waals surface area contributed by atoms with Crippen LogP contribution in [0.4, 0.5) is 0 Å². The molecule has 1 heterocycles. The van der Waals surface area contributed by atoms with E-state index in [0.717, 1.165) is 22.5 Å². The van der Waals surface area contributed by atoms with E-state index in [1.165, 1.54) is 11.1 Å². The zero-order chi connectivity index (χ0) is 13.3. The van der Waals surface area contributed by atoms with Gasteiger partial charge in [-0.3, -0.25) is 4.98 Å². The van der Waals surface area contributed by atoms with Crippen LogP contribution < -0.4 is 0 Å². The van der Waals surface area contributed by atoms with Crippen LogP contribution in [0.1, 0.15) is 39.7 Å². The number of rotatable bonds is 2. The van der Waals surface area contributed by atoms with Crippen molar-refractivity contribution < 1.29 is 5.11 Å². The van der Waals surface area contributed by atoms with Crippen molar-refractivity contribution in [2.45, 2.75) is 33.8 Å². The number of nitrogens with zero attached hydrogens (tertiary/aromatic N) is 1. The predicted molar refractivity (Wildman–Crippen MR) is 73.7 cm³/mol. The van der Waals surface area contributed by atoms with Crippen molar-refractivity contribution in [2.24, 2.45) is 0 Å². The van der Waals surface area contributed by atoms with Gasteiger partial charge < -0.3 is 5.11 Å². The van der Waals surface area contributed by atoms with E-state index in [1.807, 2.05) is 52.0 Å². The molecule has 1 atom stereocenters. The fourth-order valence-electron chi connectivity index (χ4n) is 2.38. The first kappa shape index (κ1) is 12.8.